The number of rotatable bonds is 6. The van der Waals surface area contributed by atoms with Gasteiger partial charge in [-0.25, -0.2) is 5.84 Å². The summed E-state index contributed by atoms with van der Waals surface area (Å²) in [7, 11) is 1.59. The molecule has 0 aliphatic heterocycles. The highest BCUT2D eigenvalue weighted by Crippen LogP contribution is 2.19. The van der Waals surface area contributed by atoms with Crippen LogP contribution in [0.1, 0.15) is 50.2 Å². The van der Waals surface area contributed by atoms with Crippen LogP contribution in [0.4, 0.5) is 0 Å². The molecular formula is C15H24N2O. The molecule has 1 atom stereocenters. The molecule has 100 valence electrons. The van der Waals surface area contributed by atoms with E-state index < -0.39 is 0 Å². The topological polar surface area (TPSA) is 46.3 Å². The molecule has 0 fully saturated rings. The van der Waals surface area contributed by atoms with Crippen LogP contribution >= 0.6 is 0 Å². The average molecular weight is 248 g/mol. The Morgan fingerprint density at radius 3 is 2.44 bits per heavy atom. The highest BCUT2D eigenvalue weighted by Gasteiger charge is 2.05. The zero-order valence-corrected chi connectivity index (χ0v) is 11.6. The molecule has 1 rings (SSSR count). The van der Waals surface area contributed by atoms with Gasteiger partial charge in [-0.3, -0.25) is 9.80 Å². The molecule has 18 heavy (non-hydrogen) atoms. The van der Waals surface area contributed by atoms with Gasteiger partial charge in [-0.15, -0.1) is 0 Å². The third-order valence-corrected chi connectivity index (χ3v) is 3.41. The van der Waals surface area contributed by atoms with Gasteiger partial charge < -0.3 is 0 Å². The normalized spacial score (nSPS) is 12.2. The highest BCUT2D eigenvalue weighted by molar-refractivity contribution is 5.75. The second-order valence-corrected chi connectivity index (χ2v) is 4.91. The van der Waals surface area contributed by atoms with Crippen LogP contribution < -0.4 is 5.84 Å². The summed E-state index contributed by atoms with van der Waals surface area (Å²) >= 11 is 0. The van der Waals surface area contributed by atoms with Crippen LogP contribution in [-0.4, -0.2) is 18.0 Å². The lowest BCUT2D eigenvalue weighted by Crippen LogP contribution is -2.32. The van der Waals surface area contributed by atoms with Crippen LogP contribution in [0.3, 0.4) is 0 Å². The zero-order chi connectivity index (χ0) is 13.5. The molecule has 0 aliphatic rings. The third-order valence-electron chi connectivity index (χ3n) is 3.41. The van der Waals surface area contributed by atoms with Crippen molar-refractivity contribution in [2.24, 2.45) is 5.84 Å². The van der Waals surface area contributed by atoms with Crippen LogP contribution in [-0.2, 0) is 11.2 Å². The Balaban J connectivity index is 2.42. The molecule has 0 saturated heterocycles. The molecule has 1 amide bonds. The van der Waals surface area contributed by atoms with Crippen molar-refractivity contribution >= 4 is 5.91 Å². The zero-order valence-electron chi connectivity index (χ0n) is 11.6. The number of carbonyl (C=O) groups excluding carboxylic acids is 1. The van der Waals surface area contributed by atoms with Crippen molar-refractivity contribution in [1.29, 1.82) is 0 Å². The summed E-state index contributed by atoms with van der Waals surface area (Å²) in [5.41, 5.74) is 2.67. The monoisotopic (exact) mass is 248 g/mol. The lowest BCUT2D eigenvalue weighted by molar-refractivity contribution is -0.130. The van der Waals surface area contributed by atoms with Gasteiger partial charge >= 0.3 is 0 Å². The first-order valence-corrected chi connectivity index (χ1v) is 6.64. The number of hydrazine groups is 1. The fourth-order valence-electron chi connectivity index (χ4n) is 1.87. The number of nitrogens with zero attached hydrogens (tertiary/aromatic N) is 1. The van der Waals surface area contributed by atoms with Gasteiger partial charge in [-0.05, 0) is 36.3 Å². The number of aryl methyl sites for hydroxylation is 1. The van der Waals surface area contributed by atoms with Gasteiger partial charge in [0.15, 0.2) is 0 Å². The summed E-state index contributed by atoms with van der Waals surface area (Å²) in [5.74, 6) is 5.98. The summed E-state index contributed by atoms with van der Waals surface area (Å²) in [5, 5.41) is 1.16. The van der Waals surface area contributed by atoms with Gasteiger partial charge in [0.1, 0.15) is 0 Å². The van der Waals surface area contributed by atoms with Gasteiger partial charge in [0, 0.05) is 13.5 Å². The summed E-state index contributed by atoms with van der Waals surface area (Å²) in [6.45, 7) is 4.44. The van der Waals surface area contributed by atoms with Crippen molar-refractivity contribution in [1.82, 2.24) is 5.01 Å². The van der Waals surface area contributed by atoms with Gasteiger partial charge in [0.25, 0.3) is 0 Å². The minimum absolute atomic E-state index is 0.00812. The number of nitrogens with two attached hydrogens (primary N) is 1. The molecule has 0 saturated carbocycles. The molecule has 1 aromatic rings. The maximum absolute atomic E-state index is 11.3. The first-order valence-electron chi connectivity index (χ1n) is 6.64. The Morgan fingerprint density at radius 1 is 1.33 bits per heavy atom. The Labute approximate surface area is 110 Å². The molecule has 1 aromatic carbocycles. The predicted octanol–water partition coefficient (Wildman–Crippen LogP) is 2.85. The largest absolute Gasteiger partial charge is 0.284 e. The molecule has 2 N–H and O–H groups in total. The van der Waals surface area contributed by atoms with Gasteiger partial charge in [0.2, 0.25) is 5.91 Å². The van der Waals surface area contributed by atoms with E-state index in [9.17, 15) is 4.79 Å². The summed E-state index contributed by atoms with van der Waals surface area (Å²) in [4.78, 5) is 11.3. The predicted molar refractivity (Wildman–Crippen MR) is 75.0 cm³/mol. The first-order chi connectivity index (χ1) is 8.54. The van der Waals surface area contributed by atoms with Crippen LogP contribution in [0.15, 0.2) is 24.3 Å². The number of carbonyl (C=O) groups is 1. The van der Waals surface area contributed by atoms with Crippen LogP contribution in [0.2, 0.25) is 0 Å². The standard InChI is InChI=1S/C15H24N2O/c1-4-12(2)14-10-8-13(9-11-14)6-5-7-15(18)17(3)16/h8-12H,4-7,16H2,1-3H3. The number of hydrogen-bond donors (Lipinski definition) is 1. The minimum Gasteiger partial charge on any atom is -0.284 e. The van der Waals surface area contributed by atoms with Crippen molar-refractivity contribution in [2.45, 2.75) is 45.4 Å². The molecule has 0 bridgehead atoms. The van der Waals surface area contributed by atoms with E-state index >= 15 is 0 Å². The van der Waals surface area contributed by atoms with Gasteiger partial charge in [-0.2, -0.15) is 0 Å². The molecule has 3 nitrogen and oxygen atoms in total. The van der Waals surface area contributed by atoms with Gasteiger partial charge in [-0.1, -0.05) is 38.1 Å². The van der Waals surface area contributed by atoms with E-state index in [1.165, 1.54) is 11.1 Å². The maximum Gasteiger partial charge on any atom is 0.236 e. The lowest BCUT2D eigenvalue weighted by atomic mass is 9.96. The van der Waals surface area contributed by atoms with E-state index in [0.717, 1.165) is 24.3 Å². The molecule has 0 aromatic heterocycles. The van der Waals surface area contributed by atoms with E-state index in [0.29, 0.717) is 12.3 Å². The Kier molecular flexibility index (Phi) is 5.86. The smallest absolute Gasteiger partial charge is 0.236 e. The fourth-order valence-corrected chi connectivity index (χ4v) is 1.87. The second kappa shape index (κ2) is 7.17. The number of amides is 1. The first kappa shape index (κ1) is 14.7. The summed E-state index contributed by atoms with van der Waals surface area (Å²) in [6, 6.07) is 8.72. The van der Waals surface area contributed by atoms with E-state index in [4.69, 9.17) is 5.84 Å². The number of hydrogen-bond acceptors (Lipinski definition) is 2. The number of benzene rings is 1. The van der Waals surface area contributed by atoms with Crippen molar-refractivity contribution in [3.05, 3.63) is 35.4 Å². The fraction of sp³-hybridized carbons (Fsp3) is 0.533. The Bertz CT molecular complexity index is 371. The molecular weight excluding hydrogens is 224 g/mol. The van der Waals surface area contributed by atoms with Gasteiger partial charge in [0.05, 0.1) is 0 Å². The average Bonchev–Trinajstić information content (AvgIpc) is 2.38. The SMILES string of the molecule is CCC(C)c1ccc(CCCC(=O)N(C)N)cc1. The molecule has 0 radical (unpaired) electrons. The van der Waals surface area contributed by atoms with Crippen molar-refractivity contribution in [2.75, 3.05) is 7.05 Å². The van der Waals surface area contributed by atoms with E-state index in [1.54, 1.807) is 7.05 Å². The Hall–Kier alpha value is -1.35. The van der Waals surface area contributed by atoms with Crippen molar-refractivity contribution in [3.63, 3.8) is 0 Å². The molecule has 0 aliphatic carbocycles. The van der Waals surface area contributed by atoms with Crippen molar-refractivity contribution in [3.8, 4) is 0 Å². The lowest BCUT2D eigenvalue weighted by Gasteiger charge is -2.11. The van der Waals surface area contributed by atoms with Crippen LogP contribution in [0.25, 0.3) is 0 Å². The molecule has 0 spiro atoms. The van der Waals surface area contributed by atoms with Crippen LogP contribution in [0.5, 0.6) is 0 Å². The highest BCUT2D eigenvalue weighted by atomic mass is 16.2. The third kappa shape index (κ3) is 4.49. The maximum atomic E-state index is 11.3. The molecule has 1 unspecified atom stereocenters. The van der Waals surface area contributed by atoms with E-state index in [-0.39, 0.29) is 5.91 Å². The van der Waals surface area contributed by atoms with E-state index in [1.807, 2.05) is 0 Å². The summed E-state index contributed by atoms with van der Waals surface area (Å²) < 4.78 is 0. The van der Waals surface area contributed by atoms with E-state index in [2.05, 4.69) is 38.1 Å². The quantitative estimate of drug-likeness (QED) is 0.478. The van der Waals surface area contributed by atoms with Crippen molar-refractivity contribution < 1.29 is 4.79 Å². The van der Waals surface area contributed by atoms with Crippen LogP contribution in [0, 0.1) is 0 Å². The Morgan fingerprint density at radius 2 is 1.94 bits per heavy atom. The minimum atomic E-state index is -0.00812. The molecule has 3 heteroatoms. The molecule has 0 heterocycles. The summed E-state index contributed by atoms with van der Waals surface area (Å²) in [6.07, 6.45) is 3.46. The second-order valence-electron chi connectivity index (χ2n) is 4.91.